The zero-order chi connectivity index (χ0) is 29.2. The maximum absolute atomic E-state index is 13.2. The number of rotatable bonds is 10. The van der Waals surface area contributed by atoms with Crippen LogP contribution in [0.3, 0.4) is 0 Å². The second kappa shape index (κ2) is 13.9. The maximum Gasteiger partial charge on any atom is 0.337 e. The standard InChI is InChI=1S/C30H23ClN4O5S/c31-25-12-11-22(16-24(25)30(39)40)33-27(36)18-41-23-10-4-9-21(15-23)34-29(38)26(14-19-6-5-13-32-17-19)35-28(37)20-7-2-1-3-8-20/h1-17H,18H2,(H,33,36)(H,34,38)(H,35,37)(H,39,40)/b26-14-. The van der Waals surface area contributed by atoms with Crippen LogP contribution < -0.4 is 16.0 Å². The predicted molar refractivity (Wildman–Crippen MR) is 159 cm³/mol. The number of carboxylic acids is 1. The highest BCUT2D eigenvalue weighted by Crippen LogP contribution is 2.24. The van der Waals surface area contributed by atoms with Crippen LogP contribution in [0.4, 0.5) is 11.4 Å². The number of pyridine rings is 1. The van der Waals surface area contributed by atoms with Crippen LogP contribution in [-0.2, 0) is 9.59 Å². The third-order valence-corrected chi connectivity index (χ3v) is 6.79. The van der Waals surface area contributed by atoms with Gasteiger partial charge in [0, 0.05) is 34.2 Å². The molecule has 3 amide bonds. The average molecular weight is 587 g/mol. The summed E-state index contributed by atoms with van der Waals surface area (Å²) < 4.78 is 0. The normalized spacial score (nSPS) is 10.9. The van der Waals surface area contributed by atoms with Crippen LogP contribution in [0.2, 0.25) is 5.02 Å². The molecule has 0 unspecified atom stereocenters. The molecule has 0 fully saturated rings. The second-order valence-electron chi connectivity index (χ2n) is 8.48. The SMILES string of the molecule is O=C(CSc1cccc(NC(=O)/C(=C/c2cccnc2)NC(=O)c2ccccc2)c1)Nc1ccc(Cl)c(C(=O)O)c1. The fourth-order valence-electron chi connectivity index (χ4n) is 3.55. The van der Waals surface area contributed by atoms with E-state index in [1.54, 1.807) is 79.1 Å². The Balaban J connectivity index is 1.42. The number of anilines is 2. The second-order valence-corrected chi connectivity index (χ2v) is 9.94. The Labute approximate surface area is 244 Å². The number of carbonyl (C=O) groups excluding carboxylic acids is 3. The van der Waals surface area contributed by atoms with Crippen molar-refractivity contribution >= 4 is 64.5 Å². The molecule has 3 aromatic carbocycles. The third kappa shape index (κ3) is 8.53. The lowest BCUT2D eigenvalue weighted by atomic mass is 10.2. The quantitative estimate of drug-likeness (QED) is 0.141. The summed E-state index contributed by atoms with van der Waals surface area (Å²) >= 11 is 7.10. The molecule has 0 aliphatic carbocycles. The summed E-state index contributed by atoms with van der Waals surface area (Å²) in [5.41, 5.74) is 1.69. The van der Waals surface area contributed by atoms with Crippen LogP contribution in [0.15, 0.2) is 108 Å². The van der Waals surface area contributed by atoms with Gasteiger partial charge in [0.15, 0.2) is 0 Å². The molecule has 11 heteroatoms. The number of halogens is 1. The summed E-state index contributed by atoms with van der Waals surface area (Å²) in [5, 5.41) is 17.4. The van der Waals surface area contributed by atoms with Gasteiger partial charge in [-0.3, -0.25) is 19.4 Å². The van der Waals surface area contributed by atoms with Crippen molar-refractivity contribution in [3.63, 3.8) is 0 Å². The van der Waals surface area contributed by atoms with E-state index in [1.807, 2.05) is 0 Å². The van der Waals surface area contributed by atoms with Crippen LogP contribution in [-0.4, -0.2) is 39.5 Å². The molecule has 4 rings (SSSR count). The number of carboxylic acid groups (broad SMARTS) is 1. The minimum absolute atomic E-state index is 0.0213. The van der Waals surface area contributed by atoms with Gasteiger partial charge >= 0.3 is 5.97 Å². The lowest BCUT2D eigenvalue weighted by Crippen LogP contribution is -2.30. The van der Waals surface area contributed by atoms with Gasteiger partial charge in [0.25, 0.3) is 11.8 Å². The predicted octanol–water partition coefficient (Wildman–Crippen LogP) is 5.57. The van der Waals surface area contributed by atoms with Gasteiger partial charge in [0.1, 0.15) is 5.70 Å². The summed E-state index contributed by atoms with van der Waals surface area (Å²) in [6.07, 6.45) is 4.70. The molecule has 0 saturated heterocycles. The summed E-state index contributed by atoms with van der Waals surface area (Å²) in [6.45, 7) is 0. The number of nitrogens with zero attached hydrogens (tertiary/aromatic N) is 1. The monoisotopic (exact) mass is 586 g/mol. The van der Waals surface area contributed by atoms with Crippen LogP contribution in [0.25, 0.3) is 6.08 Å². The van der Waals surface area contributed by atoms with E-state index in [0.717, 1.165) is 0 Å². The van der Waals surface area contributed by atoms with Gasteiger partial charge in [-0.25, -0.2) is 4.79 Å². The van der Waals surface area contributed by atoms with E-state index in [0.29, 0.717) is 27.4 Å². The molecule has 0 aliphatic heterocycles. The molecule has 0 radical (unpaired) electrons. The van der Waals surface area contributed by atoms with E-state index in [9.17, 15) is 24.3 Å². The number of hydrogen-bond donors (Lipinski definition) is 4. The molecule has 0 spiro atoms. The number of hydrogen-bond acceptors (Lipinski definition) is 6. The highest BCUT2D eigenvalue weighted by atomic mass is 35.5. The number of carbonyl (C=O) groups is 4. The van der Waals surface area contributed by atoms with Crippen molar-refractivity contribution in [1.82, 2.24) is 10.3 Å². The van der Waals surface area contributed by atoms with E-state index >= 15 is 0 Å². The number of aromatic carboxylic acids is 1. The molecule has 0 saturated carbocycles. The summed E-state index contributed by atoms with van der Waals surface area (Å²) in [5.74, 6) is -2.51. The Morgan fingerprint density at radius 3 is 2.39 bits per heavy atom. The van der Waals surface area contributed by atoms with Gasteiger partial charge in [-0.05, 0) is 66.2 Å². The third-order valence-electron chi connectivity index (χ3n) is 5.47. The molecule has 0 atom stereocenters. The summed E-state index contributed by atoms with van der Waals surface area (Å²) in [4.78, 5) is 54.5. The Kier molecular flexibility index (Phi) is 9.87. The van der Waals surface area contributed by atoms with E-state index in [1.165, 1.54) is 36.0 Å². The fraction of sp³-hybridized carbons (Fsp3) is 0.0333. The van der Waals surface area contributed by atoms with Crippen molar-refractivity contribution in [3.05, 3.63) is 125 Å². The van der Waals surface area contributed by atoms with E-state index in [2.05, 4.69) is 20.9 Å². The Bertz CT molecular complexity index is 1610. The molecular weight excluding hydrogens is 564 g/mol. The molecule has 41 heavy (non-hydrogen) atoms. The molecule has 0 aliphatic rings. The lowest BCUT2D eigenvalue weighted by Gasteiger charge is -2.12. The average Bonchev–Trinajstić information content (AvgIpc) is 2.97. The molecule has 1 aromatic heterocycles. The van der Waals surface area contributed by atoms with E-state index in [4.69, 9.17) is 11.6 Å². The van der Waals surface area contributed by atoms with Gasteiger partial charge in [-0.15, -0.1) is 11.8 Å². The Morgan fingerprint density at radius 2 is 1.66 bits per heavy atom. The number of thioether (sulfide) groups is 1. The van der Waals surface area contributed by atoms with E-state index < -0.39 is 17.8 Å². The Hall–Kier alpha value is -4.93. The summed E-state index contributed by atoms with van der Waals surface area (Å²) in [7, 11) is 0. The van der Waals surface area contributed by atoms with Crippen molar-refractivity contribution in [2.24, 2.45) is 0 Å². The van der Waals surface area contributed by atoms with Crippen LogP contribution in [0, 0.1) is 0 Å². The fourth-order valence-corrected chi connectivity index (χ4v) is 4.50. The first-order valence-electron chi connectivity index (χ1n) is 12.1. The zero-order valence-corrected chi connectivity index (χ0v) is 22.9. The van der Waals surface area contributed by atoms with Gasteiger partial charge in [0.05, 0.1) is 16.3 Å². The van der Waals surface area contributed by atoms with Gasteiger partial charge in [-0.1, -0.05) is 41.9 Å². The Morgan fingerprint density at radius 1 is 0.878 bits per heavy atom. The lowest BCUT2D eigenvalue weighted by molar-refractivity contribution is -0.114. The van der Waals surface area contributed by atoms with Crippen LogP contribution in [0.5, 0.6) is 0 Å². The highest BCUT2D eigenvalue weighted by Gasteiger charge is 2.16. The van der Waals surface area contributed by atoms with E-state index in [-0.39, 0.29) is 27.9 Å². The first-order chi connectivity index (χ1) is 19.8. The largest absolute Gasteiger partial charge is 0.478 e. The van der Waals surface area contributed by atoms with Crippen molar-refractivity contribution < 1.29 is 24.3 Å². The molecule has 4 aromatic rings. The number of nitrogens with one attached hydrogen (secondary N) is 3. The number of aromatic nitrogens is 1. The topological polar surface area (TPSA) is 137 Å². The van der Waals surface area contributed by atoms with Gasteiger partial charge < -0.3 is 21.1 Å². The first kappa shape index (κ1) is 29.1. The molecule has 9 nitrogen and oxygen atoms in total. The van der Waals surface area contributed by atoms with Crippen molar-refractivity contribution in [2.75, 3.05) is 16.4 Å². The minimum Gasteiger partial charge on any atom is -0.478 e. The van der Waals surface area contributed by atoms with Gasteiger partial charge in [-0.2, -0.15) is 0 Å². The smallest absolute Gasteiger partial charge is 0.337 e. The molecular formula is C30H23ClN4O5S. The molecule has 1 heterocycles. The van der Waals surface area contributed by atoms with Crippen LogP contribution in [0.1, 0.15) is 26.3 Å². The molecule has 206 valence electrons. The van der Waals surface area contributed by atoms with Crippen molar-refractivity contribution in [3.8, 4) is 0 Å². The maximum atomic E-state index is 13.2. The zero-order valence-electron chi connectivity index (χ0n) is 21.3. The highest BCUT2D eigenvalue weighted by molar-refractivity contribution is 8.00. The number of amides is 3. The molecule has 4 N–H and O–H groups in total. The van der Waals surface area contributed by atoms with Crippen molar-refractivity contribution in [1.29, 1.82) is 0 Å². The van der Waals surface area contributed by atoms with Gasteiger partial charge in [0.2, 0.25) is 5.91 Å². The molecule has 0 bridgehead atoms. The van der Waals surface area contributed by atoms with Crippen molar-refractivity contribution in [2.45, 2.75) is 4.90 Å². The van der Waals surface area contributed by atoms with Crippen LogP contribution >= 0.6 is 23.4 Å². The summed E-state index contributed by atoms with van der Waals surface area (Å²) in [6, 6.07) is 23.1. The number of benzene rings is 3. The first-order valence-corrected chi connectivity index (χ1v) is 13.5. The minimum atomic E-state index is -1.20.